The summed E-state index contributed by atoms with van der Waals surface area (Å²) < 4.78 is 0. The zero-order chi connectivity index (χ0) is 13.4. The van der Waals surface area contributed by atoms with Crippen LogP contribution in [0.3, 0.4) is 0 Å². The molecule has 2 nitrogen and oxygen atoms in total. The molecule has 0 fully saturated rings. The lowest BCUT2D eigenvalue weighted by Gasteiger charge is -2.24. The number of benzene rings is 1. The molecule has 0 aliphatic rings. The van der Waals surface area contributed by atoms with Crippen LogP contribution in [0.2, 0.25) is 0 Å². The Kier molecular flexibility index (Phi) is 6.66. The Morgan fingerprint density at radius 3 is 2.56 bits per heavy atom. The smallest absolute Gasteiger partial charge is 0.162 e. The largest absolute Gasteiger partial charge is 0.304 e. The van der Waals surface area contributed by atoms with Gasteiger partial charge in [-0.25, -0.2) is 0 Å². The number of hydrogen-bond acceptors (Lipinski definition) is 2. The molecule has 0 heterocycles. The van der Waals surface area contributed by atoms with E-state index in [9.17, 15) is 4.79 Å². The number of hydrogen-bond donors (Lipinski definition) is 0. The molecular formula is C16H25NO. The summed E-state index contributed by atoms with van der Waals surface area (Å²) in [6, 6.07) is 10.2. The molecule has 0 saturated heterocycles. The monoisotopic (exact) mass is 247 g/mol. The molecule has 0 amide bonds. The topological polar surface area (TPSA) is 20.3 Å². The van der Waals surface area contributed by atoms with Gasteiger partial charge in [-0.3, -0.25) is 4.79 Å². The average molecular weight is 247 g/mol. The average Bonchev–Trinajstić information content (AvgIpc) is 2.39. The van der Waals surface area contributed by atoms with Crippen molar-refractivity contribution >= 4 is 5.78 Å². The Balaban J connectivity index is 2.28. The molecule has 2 heteroatoms. The molecule has 0 radical (unpaired) electrons. The Morgan fingerprint density at radius 2 is 1.94 bits per heavy atom. The first-order valence-corrected chi connectivity index (χ1v) is 6.93. The standard InChI is InChI=1S/C16H25NO/c1-4-9-14(2)17(3)13-8-12-16(18)15-10-6-5-7-11-15/h5-7,10-11,14H,4,8-9,12-13H2,1-3H3. The van der Waals surface area contributed by atoms with Crippen LogP contribution in [0.1, 0.15) is 49.9 Å². The number of carbonyl (C=O) groups excluding carboxylic acids is 1. The zero-order valence-electron chi connectivity index (χ0n) is 11.9. The molecule has 1 rings (SSSR count). The van der Waals surface area contributed by atoms with Gasteiger partial charge in [-0.2, -0.15) is 0 Å². The second-order valence-corrected chi connectivity index (χ2v) is 5.01. The van der Waals surface area contributed by atoms with Gasteiger partial charge >= 0.3 is 0 Å². The number of ketones is 1. The first kappa shape index (κ1) is 14.9. The van der Waals surface area contributed by atoms with Crippen molar-refractivity contribution in [3.8, 4) is 0 Å². The molecule has 18 heavy (non-hydrogen) atoms. The minimum atomic E-state index is 0.257. The molecule has 100 valence electrons. The minimum Gasteiger partial charge on any atom is -0.304 e. The Bertz CT molecular complexity index is 347. The summed E-state index contributed by atoms with van der Waals surface area (Å²) in [5.41, 5.74) is 0.835. The number of rotatable bonds is 8. The van der Waals surface area contributed by atoms with Gasteiger partial charge in [0.1, 0.15) is 0 Å². The predicted octanol–water partition coefficient (Wildman–Crippen LogP) is 3.77. The molecule has 0 aliphatic carbocycles. The fraction of sp³-hybridized carbons (Fsp3) is 0.562. The van der Waals surface area contributed by atoms with E-state index in [4.69, 9.17) is 0 Å². The lowest BCUT2D eigenvalue weighted by atomic mass is 10.1. The summed E-state index contributed by atoms with van der Waals surface area (Å²) in [4.78, 5) is 14.3. The van der Waals surface area contributed by atoms with Crippen LogP contribution >= 0.6 is 0 Å². The van der Waals surface area contributed by atoms with E-state index in [1.807, 2.05) is 30.3 Å². The summed E-state index contributed by atoms with van der Waals surface area (Å²) in [5, 5.41) is 0. The van der Waals surface area contributed by atoms with Gasteiger partial charge in [-0.15, -0.1) is 0 Å². The van der Waals surface area contributed by atoms with Crippen molar-refractivity contribution in [3.05, 3.63) is 35.9 Å². The summed E-state index contributed by atoms with van der Waals surface area (Å²) in [7, 11) is 2.15. The molecule has 0 spiro atoms. The maximum atomic E-state index is 11.9. The second-order valence-electron chi connectivity index (χ2n) is 5.01. The van der Waals surface area contributed by atoms with Gasteiger partial charge in [0.15, 0.2) is 5.78 Å². The van der Waals surface area contributed by atoms with E-state index in [2.05, 4.69) is 25.8 Å². The molecule has 0 saturated carbocycles. The molecular weight excluding hydrogens is 222 g/mol. The van der Waals surface area contributed by atoms with Crippen molar-refractivity contribution in [1.29, 1.82) is 0 Å². The highest BCUT2D eigenvalue weighted by Crippen LogP contribution is 2.08. The molecule has 1 unspecified atom stereocenters. The Hall–Kier alpha value is -1.15. The molecule has 1 atom stereocenters. The van der Waals surface area contributed by atoms with Crippen molar-refractivity contribution < 1.29 is 4.79 Å². The molecule has 1 aromatic rings. The van der Waals surface area contributed by atoms with Gasteiger partial charge < -0.3 is 4.90 Å². The maximum Gasteiger partial charge on any atom is 0.162 e. The molecule has 0 aliphatic heterocycles. The maximum absolute atomic E-state index is 11.9. The van der Waals surface area contributed by atoms with E-state index >= 15 is 0 Å². The number of nitrogens with zero attached hydrogens (tertiary/aromatic N) is 1. The highest BCUT2D eigenvalue weighted by Gasteiger charge is 2.09. The van der Waals surface area contributed by atoms with E-state index in [0.29, 0.717) is 12.5 Å². The number of Topliss-reactive ketones (excluding diaryl/α,β-unsaturated/α-hetero) is 1. The summed E-state index contributed by atoms with van der Waals surface area (Å²) >= 11 is 0. The van der Waals surface area contributed by atoms with Gasteiger partial charge in [0.05, 0.1) is 0 Å². The van der Waals surface area contributed by atoms with E-state index < -0.39 is 0 Å². The summed E-state index contributed by atoms with van der Waals surface area (Å²) in [6.45, 7) is 5.46. The van der Waals surface area contributed by atoms with E-state index in [1.54, 1.807) is 0 Å². The third kappa shape index (κ3) is 5.01. The van der Waals surface area contributed by atoms with Crippen LogP contribution in [0.25, 0.3) is 0 Å². The molecule has 0 N–H and O–H groups in total. The van der Waals surface area contributed by atoms with Gasteiger partial charge in [-0.05, 0) is 33.4 Å². The third-order valence-corrected chi connectivity index (χ3v) is 3.47. The van der Waals surface area contributed by atoms with Crippen molar-refractivity contribution in [2.45, 2.75) is 45.6 Å². The van der Waals surface area contributed by atoms with Crippen molar-refractivity contribution in [2.24, 2.45) is 0 Å². The van der Waals surface area contributed by atoms with Gasteiger partial charge in [0.25, 0.3) is 0 Å². The predicted molar refractivity (Wildman–Crippen MR) is 77.0 cm³/mol. The van der Waals surface area contributed by atoms with Crippen LogP contribution in [0, 0.1) is 0 Å². The summed E-state index contributed by atoms with van der Waals surface area (Å²) in [6.07, 6.45) is 4.03. The SMILES string of the molecule is CCCC(C)N(C)CCCC(=O)c1ccccc1. The Morgan fingerprint density at radius 1 is 1.28 bits per heavy atom. The fourth-order valence-corrected chi connectivity index (χ4v) is 2.12. The van der Waals surface area contributed by atoms with Crippen LogP contribution in [-0.2, 0) is 0 Å². The first-order valence-electron chi connectivity index (χ1n) is 6.93. The highest BCUT2D eigenvalue weighted by atomic mass is 16.1. The Labute approximate surface area is 111 Å². The van der Waals surface area contributed by atoms with Crippen LogP contribution in [0.4, 0.5) is 0 Å². The molecule has 0 bridgehead atoms. The van der Waals surface area contributed by atoms with Crippen molar-refractivity contribution in [2.75, 3.05) is 13.6 Å². The molecule has 0 aromatic heterocycles. The zero-order valence-corrected chi connectivity index (χ0v) is 11.9. The lowest BCUT2D eigenvalue weighted by molar-refractivity contribution is 0.0973. The second kappa shape index (κ2) is 8.04. The van der Waals surface area contributed by atoms with E-state index in [-0.39, 0.29) is 5.78 Å². The fourth-order valence-electron chi connectivity index (χ4n) is 2.12. The number of carbonyl (C=O) groups is 1. The van der Waals surface area contributed by atoms with Crippen LogP contribution in [-0.4, -0.2) is 30.3 Å². The highest BCUT2D eigenvalue weighted by molar-refractivity contribution is 5.95. The summed E-state index contributed by atoms with van der Waals surface area (Å²) in [5.74, 6) is 0.257. The van der Waals surface area contributed by atoms with Crippen LogP contribution < -0.4 is 0 Å². The first-order chi connectivity index (χ1) is 8.65. The van der Waals surface area contributed by atoms with Crippen LogP contribution in [0.15, 0.2) is 30.3 Å². The van der Waals surface area contributed by atoms with Gasteiger partial charge in [0.2, 0.25) is 0 Å². The van der Waals surface area contributed by atoms with Crippen LogP contribution in [0.5, 0.6) is 0 Å². The minimum absolute atomic E-state index is 0.257. The van der Waals surface area contributed by atoms with Crippen molar-refractivity contribution in [3.63, 3.8) is 0 Å². The van der Waals surface area contributed by atoms with Gasteiger partial charge in [0, 0.05) is 18.0 Å². The van der Waals surface area contributed by atoms with E-state index in [0.717, 1.165) is 18.5 Å². The lowest BCUT2D eigenvalue weighted by Crippen LogP contribution is -2.30. The normalized spacial score (nSPS) is 12.7. The third-order valence-electron chi connectivity index (χ3n) is 3.47. The van der Waals surface area contributed by atoms with E-state index in [1.165, 1.54) is 12.8 Å². The molecule has 1 aromatic carbocycles. The quantitative estimate of drug-likeness (QED) is 0.652. The van der Waals surface area contributed by atoms with Gasteiger partial charge in [-0.1, -0.05) is 43.7 Å². The van der Waals surface area contributed by atoms with Crippen molar-refractivity contribution in [1.82, 2.24) is 4.90 Å².